The highest BCUT2D eigenvalue weighted by Crippen LogP contribution is 2.23. The fourth-order valence-electron chi connectivity index (χ4n) is 1.03. The molecule has 0 N–H and O–H groups in total. The van der Waals surface area contributed by atoms with Crippen molar-refractivity contribution in [2.75, 3.05) is 0 Å². The summed E-state index contributed by atoms with van der Waals surface area (Å²) >= 11 is 6.97. The summed E-state index contributed by atoms with van der Waals surface area (Å²) in [5.41, 5.74) is 3.99. The monoisotopic (exact) mass is 306 g/mol. The van der Waals surface area contributed by atoms with Crippen LogP contribution in [0, 0.1) is 13.8 Å². The number of rotatable bonds is 1. The van der Waals surface area contributed by atoms with Crippen molar-refractivity contribution in [2.24, 2.45) is 0 Å². The van der Waals surface area contributed by atoms with Gasteiger partial charge in [0.05, 0.1) is 0 Å². The lowest BCUT2D eigenvalue weighted by Crippen LogP contribution is -1.87. The van der Waals surface area contributed by atoms with Crippen LogP contribution in [0.5, 0.6) is 0 Å². The highest BCUT2D eigenvalue weighted by atomic mass is 79.9. The molecule has 2 heteroatoms. The van der Waals surface area contributed by atoms with Crippen LogP contribution in [0.1, 0.15) is 30.5 Å². The van der Waals surface area contributed by atoms with Crippen LogP contribution >= 0.6 is 31.9 Å². The topological polar surface area (TPSA) is 0 Å². The van der Waals surface area contributed by atoms with E-state index in [1.54, 1.807) is 0 Å². The summed E-state index contributed by atoms with van der Waals surface area (Å²) in [4.78, 5) is 0. The van der Waals surface area contributed by atoms with Crippen molar-refractivity contribution >= 4 is 31.9 Å². The fraction of sp³-hybridized carbons (Fsp3) is 0.455. The van der Waals surface area contributed by atoms with E-state index < -0.39 is 0 Å². The average Bonchev–Trinajstić information content (AvgIpc) is 2.14. The molecule has 0 amide bonds. The summed E-state index contributed by atoms with van der Waals surface area (Å²) in [5, 5.41) is 0.930. The Balaban J connectivity index is 0.000000671. The fourth-order valence-corrected chi connectivity index (χ4v) is 2.22. The SMILES string of the molecule is CC.Cc1cc(Br)c(C)c(CBr)c1. The smallest absolute Gasteiger partial charge is 0.0286 e. The van der Waals surface area contributed by atoms with Gasteiger partial charge in [-0.05, 0) is 36.6 Å². The molecule has 74 valence electrons. The second kappa shape index (κ2) is 6.61. The molecule has 0 saturated heterocycles. The number of hydrogen-bond acceptors (Lipinski definition) is 0. The first kappa shape index (κ1) is 13.2. The molecule has 0 radical (unpaired) electrons. The van der Waals surface area contributed by atoms with Gasteiger partial charge in [-0.15, -0.1) is 0 Å². The van der Waals surface area contributed by atoms with E-state index in [0.29, 0.717) is 0 Å². The molecule has 0 spiro atoms. The highest BCUT2D eigenvalue weighted by Gasteiger charge is 2.01. The lowest BCUT2D eigenvalue weighted by atomic mass is 10.1. The van der Waals surface area contributed by atoms with Gasteiger partial charge >= 0.3 is 0 Å². The highest BCUT2D eigenvalue weighted by molar-refractivity contribution is 9.10. The number of benzene rings is 1. The summed E-state index contributed by atoms with van der Waals surface area (Å²) in [6, 6.07) is 4.34. The minimum atomic E-state index is 0.930. The molecule has 0 aliphatic heterocycles. The third-order valence-corrected chi connectivity index (χ3v) is 3.17. The molecule has 0 aromatic heterocycles. The number of aryl methyl sites for hydroxylation is 1. The van der Waals surface area contributed by atoms with Gasteiger partial charge in [-0.2, -0.15) is 0 Å². The van der Waals surface area contributed by atoms with Gasteiger partial charge in [0.15, 0.2) is 0 Å². The van der Waals surface area contributed by atoms with E-state index in [-0.39, 0.29) is 0 Å². The van der Waals surface area contributed by atoms with Crippen molar-refractivity contribution in [3.8, 4) is 0 Å². The Morgan fingerprint density at radius 3 is 2.15 bits per heavy atom. The molecule has 0 nitrogen and oxygen atoms in total. The van der Waals surface area contributed by atoms with Gasteiger partial charge in [0, 0.05) is 9.80 Å². The Hall–Kier alpha value is 0.180. The standard InChI is InChI=1S/C9H10Br2.C2H6/c1-6-3-8(5-10)7(2)9(11)4-6;1-2/h3-4H,5H2,1-2H3;1-2H3. The van der Waals surface area contributed by atoms with Gasteiger partial charge in [0.25, 0.3) is 0 Å². The minimum Gasteiger partial charge on any atom is -0.0876 e. The molecule has 0 saturated carbocycles. The average molecular weight is 308 g/mol. The second-order valence-electron chi connectivity index (χ2n) is 2.66. The lowest BCUT2D eigenvalue weighted by molar-refractivity contribution is 1.26. The van der Waals surface area contributed by atoms with Gasteiger partial charge in [-0.1, -0.05) is 51.8 Å². The van der Waals surface area contributed by atoms with E-state index in [4.69, 9.17) is 0 Å². The first-order valence-electron chi connectivity index (χ1n) is 4.46. The Morgan fingerprint density at radius 1 is 1.15 bits per heavy atom. The zero-order valence-corrected chi connectivity index (χ0v) is 11.8. The third-order valence-electron chi connectivity index (χ3n) is 1.74. The second-order valence-corrected chi connectivity index (χ2v) is 4.08. The van der Waals surface area contributed by atoms with Crippen molar-refractivity contribution in [1.82, 2.24) is 0 Å². The predicted molar refractivity (Wildman–Crippen MR) is 67.6 cm³/mol. The first-order valence-corrected chi connectivity index (χ1v) is 6.38. The van der Waals surface area contributed by atoms with Crippen LogP contribution in [0.3, 0.4) is 0 Å². The zero-order valence-electron chi connectivity index (χ0n) is 8.62. The van der Waals surface area contributed by atoms with Crippen LogP contribution in [0.25, 0.3) is 0 Å². The molecule has 0 bridgehead atoms. The van der Waals surface area contributed by atoms with Crippen molar-refractivity contribution in [1.29, 1.82) is 0 Å². The largest absolute Gasteiger partial charge is 0.0876 e. The van der Waals surface area contributed by atoms with E-state index in [1.165, 1.54) is 21.2 Å². The third kappa shape index (κ3) is 3.82. The van der Waals surface area contributed by atoms with Crippen molar-refractivity contribution in [3.05, 3.63) is 33.3 Å². The van der Waals surface area contributed by atoms with Gasteiger partial charge in [0.1, 0.15) is 0 Å². The maximum atomic E-state index is 3.52. The number of alkyl halides is 1. The molecule has 1 rings (SSSR count). The van der Waals surface area contributed by atoms with Gasteiger partial charge in [0.2, 0.25) is 0 Å². The Kier molecular flexibility index (Phi) is 6.70. The molecule has 0 atom stereocenters. The van der Waals surface area contributed by atoms with Crippen LogP contribution in [0.15, 0.2) is 16.6 Å². The quantitative estimate of drug-likeness (QED) is 0.641. The van der Waals surface area contributed by atoms with Gasteiger partial charge in [-0.25, -0.2) is 0 Å². The molecule has 1 aromatic rings. The van der Waals surface area contributed by atoms with E-state index >= 15 is 0 Å². The maximum Gasteiger partial charge on any atom is 0.0286 e. The van der Waals surface area contributed by atoms with Gasteiger partial charge < -0.3 is 0 Å². The Labute approximate surface area is 98.0 Å². The number of hydrogen-bond donors (Lipinski definition) is 0. The van der Waals surface area contributed by atoms with Crippen LogP contribution in [0.2, 0.25) is 0 Å². The molecular formula is C11H16Br2. The van der Waals surface area contributed by atoms with Crippen LogP contribution in [-0.4, -0.2) is 0 Å². The molecule has 0 fully saturated rings. The van der Waals surface area contributed by atoms with E-state index in [0.717, 1.165) is 5.33 Å². The molecular weight excluding hydrogens is 292 g/mol. The van der Waals surface area contributed by atoms with Crippen LogP contribution in [-0.2, 0) is 5.33 Å². The number of halogens is 2. The maximum absolute atomic E-state index is 3.52. The minimum absolute atomic E-state index is 0.930. The van der Waals surface area contributed by atoms with Crippen molar-refractivity contribution in [2.45, 2.75) is 33.0 Å². The summed E-state index contributed by atoms with van der Waals surface area (Å²) in [5.74, 6) is 0. The van der Waals surface area contributed by atoms with Crippen LogP contribution in [0.4, 0.5) is 0 Å². The molecule has 0 unspecified atom stereocenters. The van der Waals surface area contributed by atoms with E-state index in [2.05, 4.69) is 57.8 Å². The van der Waals surface area contributed by atoms with Crippen molar-refractivity contribution in [3.63, 3.8) is 0 Å². The normalized spacial score (nSPS) is 9.08. The summed E-state index contributed by atoms with van der Waals surface area (Å²) < 4.78 is 1.20. The first-order chi connectivity index (χ1) is 6.15. The van der Waals surface area contributed by atoms with Gasteiger partial charge in [-0.3, -0.25) is 0 Å². The summed E-state index contributed by atoms with van der Waals surface area (Å²) in [7, 11) is 0. The summed E-state index contributed by atoms with van der Waals surface area (Å²) in [6.07, 6.45) is 0. The van der Waals surface area contributed by atoms with Crippen molar-refractivity contribution < 1.29 is 0 Å². The van der Waals surface area contributed by atoms with E-state index in [9.17, 15) is 0 Å². The molecule has 13 heavy (non-hydrogen) atoms. The molecule has 0 aliphatic carbocycles. The Bertz CT molecular complexity index is 267. The Morgan fingerprint density at radius 2 is 1.69 bits per heavy atom. The molecule has 0 aliphatic rings. The molecule has 1 aromatic carbocycles. The molecule has 0 heterocycles. The zero-order chi connectivity index (χ0) is 10.4. The predicted octanol–water partition coefficient (Wildman–Crippen LogP) is 4.99. The summed E-state index contributed by atoms with van der Waals surface area (Å²) in [6.45, 7) is 8.23. The van der Waals surface area contributed by atoms with Crippen LogP contribution < -0.4 is 0 Å². The lowest BCUT2D eigenvalue weighted by Gasteiger charge is -2.05. The van der Waals surface area contributed by atoms with E-state index in [1.807, 2.05) is 13.8 Å².